The zero-order valence-electron chi connectivity index (χ0n) is 11.0. The summed E-state index contributed by atoms with van der Waals surface area (Å²) in [4.78, 5) is 12.3. The van der Waals surface area contributed by atoms with Gasteiger partial charge in [0.1, 0.15) is 5.54 Å². The molecule has 0 aliphatic carbocycles. The smallest absolute Gasteiger partial charge is 0.331 e. The van der Waals surface area contributed by atoms with E-state index in [4.69, 9.17) is 4.74 Å². The van der Waals surface area contributed by atoms with E-state index in [1.165, 1.54) is 0 Å². The Labute approximate surface area is 122 Å². The third-order valence-electron chi connectivity index (χ3n) is 3.33. The normalized spacial score (nSPS) is 17.8. The lowest BCUT2D eigenvalue weighted by Crippen LogP contribution is -2.54. The molecule has 0 bridgehead atoms. The minimum Gasteiger partial charge on any atom is -0.464 e. The Kier molecular flexibility index (Phi) is 4.82. The van der Waals surface area contributed by atoms with Crippen LogP contribution < -0.4 is 10.6 Å². The van der Waals surface area contributed by atoms with Crippen LogP contribution in [0.25, 0.3) is 0 Å². The van der Waals surface area contributed by atoms with E-state index in [0.29, 0.717) is 6.61 Å². The largest absolute Gasteiger partial charge is 0.464 e. The number of carbonyl (C=O) groups excluding carboxylic acids is 1. The fourth-order valence-electron chi connectivity index (χ4n) is 2.35. The SMILES string of the molecule is CCOC(=O)C1(Nc2cccc(Br)c2)CCNCC1. The Morgan fingerprint density at radius 2 is 2.21 bits per heavy atom. The molecule has 0 amide bonds. The number of halogens is 1. The van der Waals surface area contributed by atoms with Crippen molar-refractivity contribution in [1.82, 2.24) is 5.32 Å². The third kappa shape index (κ3) is 3.48. The number of benzene rings is 1. The van der Waals surface area contributed by atoms with Gasteiger partial charge in [-0.25, -0.2) is 4.79 Å². The molecule has 1 aliphatic heterocycles. The van der Waals surface area contributed by atoms with Gasteiger partial charge in [0.15, 0.2) is 0 Å². The van der Waals surface area contributed by atoms with Crippen LogP contribution in [0.5, 0.6) is 0 Å². The van der Waals surface area contributed by atoms with Crippen LogP contribution in [0.2, 0.25) is 0 Å². The Morgan fingerprint density at radius 1 is 1.47 bits per heavy atom. The Hall–Kier alpha value is -1.07. The molecule has 1 heterocycles. The lowest BCUT2D eigenvalue weighted by atomic mass is 9.88. The molecule has 19 heavy (non-hydrogen) atoms. The molecule has 0 atom stereocenters. The van der Waals surface area contributed by atoms with Crippen LogP contribution in [0.4, 0.5) is 5.69 Å². The van der Waals surface area contributed by atoms with Gasteiger partial charge >= 0.3 is 5.97 Å². The van der Waals surface area contributed by atoms with Crippen LogP contribution in [0.3, 0.4) is 0 Å². The van der Waals surface area contributed by atoms with Crippen molar-refractivity contribution in [2.45, 2.75) is 25.3 Å². The van der Waals surface area contributed by atoms with Gasteiger partial charge in [-0.2, -0.15) is 0 Å². The Bertz CT molecular complexity index is 445. The molecule has 2 N–H and O–H groups in total. The maximum atomic E-state index is 12.3. The molecule has 2 rings (SSSR count). The van der Waals surface area contributed by atoms with Crippen LogP contribution in [0.15, 0.2) is 28.7 Å². The van der Waals surface area contributed by atoms with Crippen molar-refractivity contribution < 1.29 is 9.53 Å². The van der Waals surface area contributed by atoms with Gasteiger partial charge in [-0.1, -0.05) is 22.0 Å². The first-order valence-corrected chi connectivity index (χ1v) is 7.37. The van der Waals surface area contributed by atoms with Crippen molar-refractivity contribution in [2.24, 2.45) is 0 Å². The number of esters is 1. The van der Waals surface area contributed by atoms with Gasteiger partial charge in [0.25, 0.3) is 0 Å². The maximum Gasteiger partial charge on any atom is 0.331 e. The molecule has 5 heteroatoms. The molecular weight excluding hydrogens is 308 g/mol. The van der Waals surface area contributed by atoms with E-state index in [9.17, 15) is 4.79 Å². The molecule has 0 aromatic heterocycles. The summed E-state index contributed by atoms with van der Waals surface area (Å²) < 4.78 is 6.24. The Morgan fingerprint density at radius 3 is 2.84 bits per heavy atom. The third-order valence-corrected chi connectivity index (χ3v) is 3.82. The van der Waals surface area contributed by atoms with E-state index in [1.807, 2.05) is 31.2 Å². The van der Waals surface area contributed by atoms with Crippen LogP contribution >= 0.6 is 15.9 Å². The molecule has 0 spiro atoms. The summed E-state index contributed by atoms with van der Waals surface area (Å²) in [5.41, 5.74) is 0.325. The van der Waals surface area contributed by atoms with Gasteiger partial charge in [0.05, 0.1) is 6.61 Å². The van der Waals surface area contributed by atoms with Gasteiger partial charge in [0.2, 0.25) is 0 Å². The molecule has 1 aromatic rings. The zero-order chi connectivity index (χ0) is 13.7. The second kappa shape index (κ2) is 6.39. The first-order chi connectivity index (χ1) is 9.16. The summed E-state index contributed by atoms with van der Waals surface area (Å²) in [6, 6.07) is 7.85. The summed E-state index contributed by atoms with van der Waals surface area (Å²) in [5, 5.41) is 6.65. The number of piperidine rings is 1. The first kappa shape index (κ1) is 14.3. The first-order valence-electron chi connectivity index (χ1n) is 6.58. The number of nitrogens with one attached hydrogen (secondary N) is 2. The van der Waals surface area contributed by atoms with Gasteiger partial charge in [-0.05, 0) is 51.1 Å². The maximum absolute atomic E-state index is 12.3. The highest BCUT2D eigenvalue weighted by atomic mass is 79.9. The van der Waals surface area contributed by atoms with Crippen molar-refractivity contribution in [3.8, 4) is 0 Å². The molecule has 0 radical (unpaired) electrons. The second-order valence-electron chi connectivity index (χ2n) is 4.69. The quantitative estimate of drug-likeness (QED) is 0.835. The van der Waals surface area contributed by atoms with Crippen LogP contribution in [0, 0.1) is 0 Å². The van der Waals surface area contributed by atoms with E-state index < -0.39 is 5.54 Å². The molecule has 0 unspecified atom stereocenters. The minimum atomic E-state index is -0.609. The predicted octanol–water partition coefficient (Wildman–Crippen LogP) is 2.55. The highest BCUT2D eigenvalue weighted by Gasteiger charge is 2.40. The molecule has 1 fully saturated rings. The lowest BCUT2D eigenvalue weighted by molar-refractivity contribution is -0.149. The van der Waals surface area contributed by atoms with Gasteiger partial charge in [-0.3, -0.25) is 0 Å². The summed E-state index contributed by atoms with van der Waals surface area (Å²) in [5.74, 6) is -0.156. The van der Waals surface area contributed by atoms with Crippen molar-refractivity contribution in [3.63, 3.8) is 0 Å². The predicted molar refractivity (Wildman–Crippen MR) is 79.2 cm³/mol. The van der Waals surface area contributed by atoms with E-state index in [-0.39, 0.29) is 5.97 Å². The molecule has 1 saturated heterocycles. The average Bonchev–Trinajstić information content (AvgIpc) is 2.40. The number of carbonyl (C=O) groups is 1. The van der Waals surface area contributed by atoms with Gasteiger partial charge < -0.3 is 15.4 Å². The van der Waals surface area contributed by atoms with E-state index in [2.05, 4.69) is 26.6 Å². The van der Waals surface area contributed by atoms with Gasteiger partial charge in [0, 0.05) is 10.2 Å². The van der Waals surface area contributed by atoms with Crippen molar-refractivity contribution in [2.75, 3.05) is 25.0 Å². The van der Waals surface area contributed by atoms with Crippen molar-refractivity contribution in [1.29, 1.82) is 0 Å². The molecule has 1 aromatic carbocycles. The number of hydrogen-bond donors (Lipinski definition) is 2. The fraction of sp³-hybridized carbons (Fsp3) is 0.500. The monoisotopic (exact) mass is 326 g/mol. The molecule has 104 valence electrons. The fourth-order valence-corrected chi connectivity index (χ4v) is 2.74. The highest BCUT2D eigenvalue weighted by Crippen LogP contribution is 2.27. The molecule has 4 nitrogen and oxygen atoms in total. The van der Waals surface area contributed by atoms with Crippen LogP contribution in [-0.4, -0.2) is 31.2 Å². The summed E-state index contributed by atoms with van der Waals surface area (Å²) >= 11 is 3.44. The number of ether oxygens (including phenoxy) is 1. The second-order valence-corrected chi connectivity index (χ2v) is 5.60. The topological polar surface area (TPSA) is 50.4 Å². The summed E-state index contributed by atoms with van der Waals surface area (Å²) in [7, 11) is 0. The van der Waals surface area contributed by atoms with Crippen LogP contribution in [0.1, 0.15) is 19.8 Å². The summed E-state index contributed by atoms with van der Waals surface area (Å²) in [6.45, 7) is 3.89. The average molecular weight is 327 g/mol. The van der Waals surface area contributed by atoms with E-state index in [0.717, 1.165) is 36.1 Å². The standard InChI is InChI=1S/C14H19BrN2O2/c1-2-19-13(18)14(6-8-16-9-7-14)17-12-5-3-4-11(15)10-12/h3-5,10,16-17H,2,6-9H2,1H3. The Balaban J connectivity index is 2.20. The van der Waals surface area contributed by atoms with Gasteiger partial charge in [-0.15, -0.1) is 0 Å². The molecule has 1 aliphatic rings. The van der Waals surface area contributed by atoms with E-state index >= 15 is 0 Å². The zero-order valence-corrected chi connectivity index (χ0v) is 12.6. The van der Waals surface area contributed by atoms with Crippen molar-refractivity contribution in [3.05, 3.63) is 28.7 Å². The van der Waals surface area contributed by atoms with E-state index in [1.54, 1.807) is 0 Å². The summed E-state index contributed by atoms with van der Waals surface area (Å²) in [6.07, 6.45) is 1.47. The number of rotatable bonds is 4. The molecule has 0 saturated carbocycles. The number of anilines is 1. The van der Waals surface area contributed by atoms with Crippen LogP contribution in [-0.2, 0) is 9.53 Å². The van der Waals surface area contributed by atoms with Crippen molar-refractivity contribution >= 4 is 27.6 Å². The number of hydrogen-bond acceptors (Lipinski definition) is 4. The minimum absolute atomic E-state index is 0.156. The molecular formula is C14H19BrN2O2. The lowest BCUT2D eigenvalue weighted by Gasteiger charge is -2.36. The highest BCUT2D eigenvalue weighted by molar-refractivity contribution is 9.10.